The molecular formula is C13H16ClNO2. The highest BCUT2D eigenvalue weighted by atomic mass is 35.5. The van der Waals surface area contributed by atoms with Crippen LogP contribution in [0.5, 0.6) is 0 Å². The van der Waals surface area contributed by atoms with Crippen LogP contribution in [-0.4, -0.2) is 35.1 Å². The third kappa shape index (κ3) is 3.45. The molecule has 4 heteroatoms. The van der Waals surface area contributed by atoms with Gasteiger partial charge in [-0.15, -0.1) is 0 Å². The molecule has 1 atom stereocenters. The lowest BCUT2D eigenvalue weighted by Crippen LogP contribution is -2.29. The molecule has 0 spiro atoms. The number of hydrogen-bond acceptors (Lipinski definition) is 2. The number of amides is 1. The number of carbonyl (C=O) groups excluding carboxylic acids is 1. The Hall–Kier alpha value is -1.06. The van der Waals surface area contributed by atoms with Gasteiger partial charge in [0.1, 0.15) is 0 Å². The summed E-state index contributed by atoms with van der Waals surface area (Å²) in [5.74, 6) is 0.122. The topological polar surface area (TPSA) is 40.5 Å². The molecule has 0 bridgehead atoms. The van der Waals surface area contributed by atoms with Crippen molar-refractivity contribution in [3.05, 3.63) is 34.9 Å². The molecule has 1 fully saturated rings. The highest BCUT2D eigenvalue weighted by molar-refractivity contribution is 6.30. The molecule has 1 aliphatic rings. The molecule has 2 rings (SSSR count). The maximum atomic E-state index is 11.8. The van der Waals surface area contributed by atoms with Crippen molar-refractivity contribution in [2.24, 2.45) is 0 Å². The third-order valence-corrected chi connectivity index (χ3v) is 3.31. The SMILES string of the molecule is O=C(CCc1ccc(Cl)cc1)N1CC[C@H](O)C1. The van der Waals surface area contributed by atoms with Crippen LogP contribution in [0.4, 0.5) is 0 Å². The molecule has 0 unspecified atom stereocenters. The van der Waals surface area contributed by atoms with Gasteiger partial charge in [-0.1, -0.05) is 23.7 Å². The Morgan fingerprint density at radius 2 is 2.12 bits per heavy atom. The quantitative estimate of drug-likeness (QED) is 0.893. The van der Waals surface area contributed by atoms with E-state index < -0.39 is 0 Å². The molecule has 1 aliphatic heterocycles. The Morgan fingerprint density at radius 1 is 1.41 bits per heavy atom. The van der Waals surface area contributed by atoms with E-state index in [-0.39, 0.29) is 12.0 Å². The standard InChI is InChI=1S/C13H16ClNO2/c14-11-4-1-10(2-5-11)3-6-13(17)15-8-7-12(16)9-15/h1-2,4-5,12,16H,3,6-9H2/t12-/m0/s1. The van der Waals surface area contributed by atoms with Gasteiger partial charge < -0.3 is 10.0 Å². The van der Waals surface area contributed by atoms with Crippen LogP contribution in [0.15, 0.2) is 24.3 Å². The van der Waals surface area contributed by atoms with Gasteiger partial charge in [0, 0.05) is 24.5 Å². The van der Waals surface area contributed by atoms with Crippen molar-refractivity contribution >= 4 is 17.5 Å². The van der Waals surface area contributed by atoms with Crippen molar-refractivity contribution in [1.82, 2.24) is 4.90 Å². The second kappa shape index (κ2) is 5.52. The molecule has 1 N–H and O–H groups in total. The monoisotopic (exact) mass is 253 g/mol. The van der Waals surface area contributed by atoms with Gasteiger partial charge in [0.25, 0.3) is 0 Å². The van der Waals surface area contributed by atoms with Crippen molar-refractivity contribution in [3.8, 4) is 0 Å². The van der Waals surface area contributed by atoms with Crippen LogP contribution in [0.25, 0.3) is 0 Å². The van der Waals surface area contributed by atoms with E-state index in [1.807, 2.05) is 24.3 Å². The minimum absolute atomic E-state index is 0.122. The highest BCUT2D eigenvalue weighted by Gasteiger charge is 2.23. The van der Waals surface area contributed by atoms with Crippen LogP contribution in [0, 0.1) is 0 Å². The summed E-state index contributed by atoms with van der Waals surface area (Å²) in [5, 5.41) is 10.1. The fourth-order valence-corrected chi connectivity index (χ4v) is 2.15. The van der Waals surface area contributed by atoms with Gasteiger partial charge in [0.15, 0.2) is 0 Å². The second-order valence-corrected chi connectivity index (χ2v) is 4.85. The lowest BCUT2D eigenvalue weighted by molar-refractivity contribution is -0.130. The smallest absolute Gasteiger partial charge is 0.222 e. The van der Waals surface area contributed by atoms with E-state index in [0.29, 0.717) is 31.0 Å². The first kappa shape index (κ1) is 12.4. The molecular weight excluding hydrogens is 238 g/mol. The number of benzene rings is 1. The summed E-state index contributed by atoms with van der Waals surface area (Å²) in [6.07, 6.45) is 1.58. The number of aliphatic hydroxyl groups is 1. The zero-order chi connectivity index (χ0) is 12.3. The molecule has 1 aromatic rings. The van der Waals surface area contributed by atoms with Crippen molar-refractivity contribution in [2.45, 2.75) is 25.4 Å². The number of β-amino-alcohol motifs (C(OH)–C–C–N with tert-alkyl or cyclic N) is 1. The summed E-state index contributed by atoms with van der Waals surface area (Å²) >= 11 is 5.79. The summed E-state index contributed by atoms with van der Waals surface area (Å²) in [6, 6.07) is 7.55. The molecule has 3 nitrogen and oxygen atoms in total. The number of rotatable bonds is 3. The van der Waals surface area contributed by atoms with E-state index in [9.17, 15) is 9.90 Å². The maximum absolute atomic E-state index is 11.8. The lowest BCUT2D eigenvalue weighted by Gasteiger charge is -2.15. The number of carbonyl (C=O) groups is 1. The van der Waals surface area contributed by atoms with E-state index in [2.05, 4.69) is 0 Å². The molecule has 0 radical (unpaired) electrons. The first-order chi connectivity index (χ1) is 8.15. The Bertz CT molecular complexity index is 391. The minimum Gasteiger partial charge on any atom is -0.391 e. The zero-order valence-electron chi connectivity index (χ0n) is 9.60. The number of nitrogens with zero attached hydrogens (tertiary/aromatic N) is 1. The normalized spacial score (nSPS) is 19.6. The second-order valence-electron chi connectivity index (χ2n) is 4.41. The van der Waals surface area contributed by atoms with Gasteiger partial charge in [-0.25, -0.2) is 0 Å². The fourth-order valence-electron chi connectivity index (χ4n) is 2.03. The van der Waals surface area contributed by atoms with Gasteiger partial charge in [-0.05, 0) is 30.5 Å². The predicted molar refractivity (Wildman–Crippen MR) is 67.0 cm³/mol. The molecule has 0 aromatic heterocycles. The molecule has 0 saturated carbocycles. The fraction of sp³-hybridized carbons (Fsp3) is 0.462. The van der Waals surface area contributed by atoms with E-state index in [1.165, 1.54) is 0 Å². The van der Waals surface area contributed by atoms with Crippen LogP contribution in [0.3, 0.4) is 0 Å². The number of likely N-dealkylation sites (tertiary alicyclic amines) is 1. The molecule has 1 amide bonds. The zero-order valence-corrected chi connectivity index (χ0v) is 10.4. The lowest BCUT2D eigenvalue weighted by atomic mass is 10.1. The summed E-state index contributed by atoms with van der Waals surface area (Å²) in [4.78, 5) is 13.6. The van der Waals surface area contributed by atoms with Crippen LogP contribution in [-0.2, 0) is 11.2 Å². The van der Waals surface area contributed by atoms with Crippen LogP contribution < -0.4 is 0 Å². The number of hydrogen-bond donors (Lipinski definition) is 1. The maximum Gasteiger partial charge on any atom is 0.222 e. The van der Waals surface area contributed by atoms with E-state index in [4.69, 9.17) is 11.6 Å². The van der Waals surface area contributed by atoms with E-state index in [0.717, 1.165) is 12.0 Å². The first-order valence-corrected chi connectivity index (χ1v) is 6.23. The number of aryl methyl sites for hydroxylation is 1. The van der Waals surface area contributed by atoms with Crippen molar-refractivity contribution in [1.29, 1.82) is 0 Å². The van der Waals surface area contributed by atoms with Crippen LogP contribution >= 0.6 is 11.6 Å². The van der Waals surface area contributed by atoms with E-state index >= 15 is 0 Å². The first-order valence-electron chi connectivity index (χ1n) is 5.85. The van der Waals surface area contributed by atoms with Gasteiger partial charge in [0.05, 0.1) is 6.10 Å². The van der Waals surface area contributed by atoms with Gasteiger partial charge in [-0.2, -0.15) is 0 Å². The summed E-state index contributed by atoms with van der Waals surface area (Å²) in [5.41, 5.74) is 1.11. The number of aliphatic hydroxyl groups excluding tert-OH is 1. The summed E-state index contributed by atoms with van der Waals surface area (Å²) in [6.45, 7) is 1.17. The average Bonchev–Trinajstić information content (AvgIpc) is 2.75. The molecule has 1 saturated heterocycles. The Balaban J connectivity index is 1.82. The molecule has 92 valence electrons. The number of halogens is 1. The van der Waals surface area contributed by atoms with Gasteiger partial charge in [-0.3, -0.25) is 4.79 Å². The highest BCUT2D eigenvalue weighted by Crippen LogP contribution is 2.14. The van der Waals surface area contributed by atoms with Crippen molar-refractivity contribution in [2.75, 3.05) is 13.1 Å². The Labute approximate surface area is 106 Å². The van der Waals surface area contributed by atoms with Crippen molar-refractivity contribution in [3.63, 3.8) is 0 Å². The Kier molecular flexibility index (Phi) is 4.02. The average molecular weight is 254 g/mol. The van der Waals surface area contributed by atoms with Crippen LogP contribution in [0.2, 0.25) is 5.02 Å². The third-order valence-electron chi connectivity index (χ3n) is 3.06. The Morgan fingerprint density at radius 3 is 2.71 bits per heavy atom. The molecule has 1 aromatic carbocycles. The van der Waals surface area contributed by atoms with Gasteiger partial charge in [0.2, 0.25) is 5.91 Å². The van der Waals surface area contributed by atoms with Crippen LogP contribution in [0.1, 0.15) is 18.4 Å². The van der Waals surface area contributed by atoms with E-state index in [1.54, 1.807) is 4.90 Å². The molecule has 1 heterocycles. The largest absolute Gasteiger partial charge is 0.391 e. The summed E-state index contributed by atoms with van der Waals surface area (Å²) < 4.78 is 0. The summed E-state index contributed by atoms with van der Waals surface area (Å²) in [7, 11) is 0. The molecule has 17 heavy (non-hydrogen) atoms. The molecule has 0 aliphatic carbocycles. The minimum atomic E-state index is -0.338. The van der Waals surface area contributed by atoms with Gasteiger partial charge >= 0.3 is 0 Å². The predicted octanol–water partition coefficient (Wildman–Crippen LogP) is 1.87. The van der Waals surface area contributed by atoms with Crippen molar-refractivity contribution < 1.29 is 9.90 Å².